The lowest BCUT2D eigenvalue weighted by atomic mass is 9.78. The largest absolute Gasteiger partial charge is 0.388 e. The number of likely N-dealkylation sites (tertiary alicyclic amines) is 1. The number of nitrogens with zero attached hydrogens (tertiary/aromatic N) is 7. The number of hydrogen-bond donors (Lipinski definition) is 1. The Morgan fingerprint density at radius 2 is 1.79 bits per heavy atom. The van der Waals surface area contributed by atoms with Crippen molar-refractivity contribution in [1.82, 2.24) is 34.0 Å². The maximum Gasteiger partial charge on any atom is 0.264 e. The van der Waals surface area contributed by atoms with E-state index in [9.17, 15) is 19.1 Å². The van der Waals surface area contributed by atoms with Crippen LogP contribution < -0.4 is 5.56 Å². The zero-order valence-corrected chi connectivity index (χ0v) is 21.9. The van der Waals surface area contributed by atoms with E-state index < -0.39 is 5.60 Å². The molecule has 11 heteroatoms. The molecule has 0 atom stereocenters. The molecule has 1 amide bonds. The second-order valence-electron chi connectivity index (χ2n) is 11.0. The smallest absolute Gasteiger partial charge is 0.264 e. The summed E-state index contributed by atoms with van der Waals surface area (Å²) in [5.74, 6) is 0.298. The number of fused-ring (bicyclic) bond motifs is 1. The summed E-state index contributed by atoms with van der Waals surface area (Å²) in [5, 5.41) is 20.2. The third kappa shape index (κ3) is 4.98. The number of aliphatic hydroxyl groups is 1. The van der Waals surface area contributed by atoms with Crippen LogP contribution in [0.15, 0.2) is 54.0 Å². The highest BCUT2D eigenvalue weighted by atomic mass is 19.1. The summed E-state index contributed by atoms with van der Waals surface area (Å²) < 4.78 is 18.0. The van der Waals surface area contributed by atoms with Crippen LogP contribution in [0.1, 0.15) is 50.0 Å². The number of carbonyl (C=O) groups excluding carboxylic acids is 1. The van der Waals surface area contributed by atoms with E-state index in [1.807, 2.05) is 22.8 Å². The highest BCUT2D eigenvalue weighted by molar-refractivity contribution is 5.79. The first kappa shape index (κ1) is 25.4. The molecule has 0 bridgehead atoms. The van der Waals surface area contributed by atoms with Gasteiger partial charge >= 0.3 is 0 Å². The fourth-order valence-electron chi connectivity index (χ4n) is 6.03. The minimum atomic E-state index is -1.11. The van der Waals surface area contributed by atoms with Gasteiger partial charge in [-0.15, -0.1) is 0 Å². The summed E-state index contributed by atoms with van der Waals surface area (Å²) in [7, 11) is 1.92. The van der Waals surface area contributed by atoms with E-state index in [4.69, 9.17) is 0 Å². The first-order chi connectivity index (χ1) is 18.8. The van der Waals surface area contributed by atoms with E-state index in [1.54, 1.807) is 12.1 Å². The number of aromatic nitrogens is 6. The van der Waals surface area contributed by atoms with Crippen LogP contribution in [0.4, 0.5) is 4.39 Å². The van der Waals surface area contributed by atoms with Crippen LogP contribution in [0.2, 0.25) is 0 Å². The van der Waals surface area contributed by atoms with Gasteiger partial charge in [0.15, 0.2) is 5.65 Å². The molecule has 1 aliphatic heterocycles. The number of hydrogen-bond acceptors (Lipinski definition) is 6. The van der Waals surface area contributed by atoms with Crippen LogP contribution in [0.5, 0.6) is 0 Å². The molecule has 2 fully saturated rings. The Bertz CT molecular complexity index is 1540. The summed E-state index contributed by atoms with van der Waals surface area (Å²) in [6.45, 7) is 1.02. The van der Waals surface area contributed by atoms with E-state index in [1.165, 1.54) is 39.5 Å². The van der Waals surface area contributed by atoms with Crippen molar-refractivity contribution < 1.29 is 14.3 Å². The minimum absolute atomic E-state index is 0.0241. The topological polar surface area (TPSA) is 111 Å². The molecule has 1 saturated carbocycles. The Kier molecular flexibility index (Phi) is 6.54. The number of piperidine rings is 1. The fourth-order valence-corrected chi connectivity index (χ4v) is 6.03. The Labute approximate surface area is 224 Å². The van der Waals surface area contributed by atoms with Gasteiger partial charge in [0.05, 0.1) is 30.2 Å². The predicted molar refractivity (Wildman–Crippen MR) is 142 cm³/mol. The van der Waals surface area contributed by atoms with Crippen LogP contribution in [0, 0.1) is 11.7 Å². The van der Waals surface area contributed by atoms with Crippen LogP contribution in [0.25, 0.3) is 16.7 Å². The lowest BCUT2D eigenvalue weighted by molar-refractivity contribution is -0.141. The monoisotopic (exact) mass is 533 g/mol. The number of rotatable bonds is 5. The van der Waals surface area contributed by atoms with Gasteiger partial charge in [0.1, 0.15) is 17.5 Å². The van der Waals surface area contributed by atoms with E-state index in [2.05, 4.69) is 21.4 Å². The number of halogens is 1. The van der Waals surface area contributed by atoms with Crippen molar-refractivity contribution in [3.05, 3.63) is 70.9 Å². The molecular formula is C28H32FN7O3. The van der Waals surface area contributed by atoms with Gasteiger partial charge in [-0.2, -0.15) is 10.2 Å². The molecule has 1 aliphatic carbocycles. The van der Waals surface area contributed by atoms with E-state index in [0.29, 0.717) is 48.6 Å². The number of aryl methyl sites for hydroxylation is 1. The van der Waals surface area contributed by atoms with Crippen molar-refractivity contribution in [2.24, 2.45) is 13.0 Å². The standard InChI is InChI=1S/C28H32FN7O3/c1-33-16-21(14-31-33)19-2-4-20(5-3-19)26(37)34-12-10-28(39,11-13-34)17-35-18-30-25-24(27(35)38)15-32-36(25)23-8-6-22(29)7-9-23/h6-9,14-16,18-20,39H,2-5,10-13,17H2,1H3/t19-,20+. The third-order valence-electron chi connectivity index (χ3n) is 8.37. The Hall–Kier alpha value is -3.86. The minimum Gasteiger partial charge on any atom is -0.388 e. The number of amides is 1. The molecule has 6 rings (SSSR count). The van der Waals surface area contributed by atoms with Crippen molar-refractivity contribution in [1.29, 1.82) is 0 Å². The molecule has 0 unspecified atom stereocenters. The van der Waals surface area contributed by atoms with Gasteiger partial charge in [0, 0.05) is 32.3 Å². The van der Waals surface area contributed by atoms with Crippen LogP contribution >= 0.6 is 0 Å². The van der Waals surface area contributed by atoms with Gasteiger partial charge in [-0.25, -0.2) is 14.1 Å². The van der Waals surface area contributed by atoms with Crippen LogP contribution in [-0.4, -0.2) is 63.7 Å². The average Bonchev–Trinajstić information content (AvgIpc) is 3.58. The molecule has 0 radical (unpaired) electrons. The maximum absolute atomic E-state index is 13.3. The summed E-state index contributed by atoms with van der Waals surface area (Å²) >= 11 is 0. The predicted octanol–water partition coefficient (Wildman–Crippen LogP) is 2.78. The molecule has 1 aromatic carbocycles. The second-order valence-corrected chi connectivity index (χ2v) is 11.0. The highest BCUT2D eigenvalue weighted by Gasteiger charge is 2.37. The van der Waals surface area contributed by atoms with Crippen molar-refractivity contribution >= 4 is 16.9 Å². The molecule has 204 valence electrons. The molecule has 39 heavy (non-hydrogen) atoms. The molecule has 1 saturated heterocycles. The number of benzene rings is 1. The SMILES string of the molecule is Cn1cc([C@H]2CC[C@@H](C(=O)N3CCC(O)(Cn4cnc5c(cnn5-c5ccc(F)cc5)c4=O)CC3)CC2)cn1. The Morgan fingerprint density at radius 3 is 2.46 bits per heavy atom. The molecule has 4 aromatic rings. The second kappa shape index (κ2) is 10.0. The molecule has 2 aliphatic rings. The molecule has 1 N–H and O–H groups in total. The van der Waals surface area contributed by atoms with Crippen LogP contribution in [-0.2, 0) is 18.4 Å². The maximum atomic E-state index is 13.3. The molecule has 0 spiro atoms. The first-order valence-corrected chi connectivity index (χ1v) is 13.5. The van der Waals surface area contributed by atoms with Gasteiger partial charge in [0.2, 0.25) is 5.91 Å². The van der Waals surface area contributed by atoms with Gasteiger partial charge in [-0.05, 0) is 74.3 Å². The summed E-state index contributed by atoms with van der Waals surface area (Å²) in [6, 6.07) is 5.78. The van der Waals surface area contributed by atoms with Gasteiger partial charge in [-0.3, -0.25) is 18.8 Å². The fraction of sp³-hybridized carbons (Fsp3) is 0.464. The van der Waals surface area contributed by atoms with Gasteiger partial charge < -0.3 is 10.0 Å². The number of carbonyl (C=O) groups is 1. The lowest BCUT2D eigenvalue weighted by Gasteiger charge is -2.40. The summed E-state index contributed by atoms with van der Waals surface area (Å²) in [6.07, 6.45) is 11.3. The van der Waals surface area contributed by atoms with Crippen LogP contribution in [0.3, 0.4) is 0 Å². The Morgan fingerprint density at radius 1 is 1.08 bits per heavy atom. The van der Waals surface area contributed by atoms with Crippen molar-refractivity contribution in [2.45, 2.75) is 56.6 Å². The quantitative estimate of drug-likeness (QED) is 0.422. The van der Waals surface area contributed by atoms with E-state index >= 15 is 0 Å². The van der Waals surface area contributed by atoms with E-state index in [-0.39, 0.29) is 29.7 Å². The van der Waals surface area contributed by atoms with Gasteiger partial charge in [-0.1, -0.05) is 0 Å². The van der Waals surface area contributed by atoms with Crippen molar-refractivity contribution in [3.8, 4) is 5.69 Å². The zero-order valence-electron chi connectivity index (χ0n) is 21.9. The van der Waals surface area contributed by atoms with Crippen molar-refractivity contribution in [3.63, 3.8) is 0 Å². The van der Waals surface area contributed by atoms with Crippen molar-refractivity contribution in [2.75, 3.05) is 13.1 Å². The zero-order chi connectivity index (χ0) is 27.1. The molecule has 3 aromatic heterocycles. The Balaban J connectivity index is 1.08. The summed E-state index contributed by atoms with van der Waals surface area (Å²) in [5.41, 5.74) is 0.801. The molecular weight excluding hydrogens is 501 g/mol. The summed E-state index contributed by atoms with van der Waals surface area (Å²) in [4.78, 5) is 32.7. The normalized spacial score (nSPS) is 21.4. The first-order valence-electron chi connectivity index (χ1n) is 13.5. The third-order valence-corrected chi connectivity index (χ3v) is 8.37. The van der Waals surface area contributed by atoms with E-state index in [0.717, 1.165) is 25.7 Å². The molecule has 4 heterocycles. The molecule has 10 nitrogen and oxygen atoms in total. The lowest BCUT2D eigenvalue weighted by Crippen LogP contribution is -2.51. The van der Waals surface area contributed by atoms with Gasteiger partial charge in [0.25, 0.3) is 5.56 Å². The average molecular weight is 534 g/mol. The highest BCUT2D eigenvalue weighted by Crippen LogP contribution is 2.37.